The quantitative estimate of drug-likeness (QED) is 0.257. The van der Waals surface area contributed by atoms with Gasteiger partial charge in [-0.3, -0.25) is 0 Å². The van der Waals surface area contributed by atoms with E-state index >= 15 is 0 Å². The van der Waals surface area contributed by atoms with Crippen LogP contribution in [0.1, 0.15) is 16.7 Å². The molecule has 0 fully saturated rings. The van der Waals surface area contributed by atoms with Crippen molar-refractivity contribution in [2.45, 2.75) is 6.16 Å². The Balaban J connectivity index is 0. The van der Waals surface area contributed by atoms with Crippen LogP contribution >= 0.6 is 24.9 Å². The van der Waals surface area contributed by atoms with Gasteiger partial charge >= 0.3 is 25.0 Å². The second-order valence-electron chi connectivity index (χ2n) is 5.31. The molecule has 149 valence electrons. The van der Waals surface area contributed by atoms with Gasteiger partial charge < -0.3 is 0 Å². The third-order valence-corrected chi connectivity index (χ3v) is 3.71. The molecule has 6 heteroatoms. The zero-order valence-electron chi connectivity index (χ0n) is 14.8. The average molecular weight is 500 g/mol. The molecule has 0 aliphatic rings. The minimum absolute atomic E-state index is 0. The van der Waals surface area contributed by atoms with Crippen molar-refractivity contribution in [3.63, 3.8) is 0 Å². The van der Waals surface area contributed by atoms with Crippen LogP contribution in [-0.4, -0.2) is 14.7 Å². The van der Waals surface area contributed by atoms with E-state index in [0.29, 0.717) is 0 Å². The normalized spacial score (nSPS) is 9.15. The van der Waals surface area contributed by atoms with Gasteiger partial charge in [0.2, 0.25) is 0 Å². The molecule has 0 saturated heterocycles. The zero-order chi connectivity index (χ0) is 18.5. The predicted octanol–water partition coefficient (Wildman–Crippen LogP) is 5.24. The number of benzene rings is 3. The summed E-state index contributed by atoms with van der Waals surface area (Å²) >= 11 is 0. The third-order valence-electron chi connectivity index (χ3n) is 2.92. The van der Waals surface area contributed by atoms with Gasteiger partial charge in [0.25, 0.3) is 0 Å². The minimum atomic E-state index is -3.64. The summed E-state index contributed by atoms with van der Waals surface area (Å²) < 4.78 is 0. The molecule has 0 saturated carbocycles. The van der Waals surface area contributed by atoms with Crippen LogP contribution in [0.5, 0.6) is 0 Å². The summed E-state index contributed by atoms with van der Waals surface area (Å²) in [7, 11) is -3.64. The molecule has 0 aliphatic carbocycles. The molecule has 0 bridgehead atoms. The first-order valence-corrected chi connectivity index (χ1v) is 9.54. The van der Waals surface area contributed by atoms with E-state index in [-0.39, 0.29) is 40.2 Å². The van der Waals surface area contributed by atoms with E-state index in [1.807, 2.05) is 66.7 Å². The van der Waals surface area contributed by atoms with Crippen LogP contribution in [0.15, 0.2) is 91.0 Å². The van der Waals surface area contributed by atoms with Crippen LogP contribution in [0.4, 0.5) is 0 Å². The first-order chi connectivity index (χ1) is 11.9. The Morgan fingerprint density at radius 1 is 0.593 bits per heavy atom. The van der Waals surface area contributed by atoms with Gasteiger partial charge in [-0.15, -0.1) is 41.2 Å². The van der Waals surface area contributed by atoms with Crippen molar-refractivity contribution in [2.24, 2.45) is 0 Å². The van der Waals surface area contributed by atoms with Crippen molar-refractivity contribution in [3.05, 3.63) is 122 Å². The van der Waals surface area contributed by atoms with Gasteiger partial charge in [-0.2, -0.15) is 63.9 Å². The van der Waals surface area contributed by atoms with Gasteiger partial charge in [0.15, 0.2) is 6.16 Å². The summed E-state index contributed by atoms with van der Waals surface area (Å²) in [5.74, 6) is 0. The second kappa shape index (κ2) is 15.7. The molecule has 0 amide bonds. The first-order valence-electron chi connectivity index (χ1n) is 7.71. The van der Waals surface area contributed by atoms with E-state index in [1.165, 1.54) is 0 Å². The van der Waals surface area contributed by atoms with Crippen molar-refractivity contribution in [1.29, 1.82) is 0 Å². The third kappa shape index (κ3) is 16.6. The number of hydrogen-bond acceptors (Lipinski definition) is 3. The second-order valence-corrected chi connectivity index (χ2v) is 7.01. The molecule has 0 spiro atoms. The topological polar surface area (TPSA) is 60.7 Å². The molecule has 3 aromatic rings. The maximum absolute atomic E-state index is 8.69. The maximum Gasteiger partial charge on any atom is 2.00 e. The zero-order valence-corrected chi connectivity index (χ0v) is 18.3. The Labute approximate surface area is 183 Å². The molecular weight excluding hydrogens is 475 g/mol. The van der Waals surface area contributed by atoms with Gasteiger partial charge in [-0.05, 0) is 5.56 Å². The monoisotopic (exact) mass is 498 g/mol. The molecule has 0 atom stereocenters. The predicted molar refractivity (Wildman–Crippen MR) is 116 cm³/mol. The van der Waals surface area contributed by atoms with Gasteiger partial charge in [-0.1, -0.05) is 42.5 Å². The molecule has 3 rings (SSSR count). The van der Waals surface area contributed by atoms with Gasteiger partial charge in [0.05, 0.1) is 0 Å². The molecule has 0 aliphatic heterocycles. The Morgan fingerprint density at radius 2 is 0.889 bits per heavy atom. The maximum atomic E-state index is 8.69. The summed E-state index contributed by atoms with van der Waals surface area (Å²) in [6.07, 6.45) is -0.0617. The molecule has 0 unspecified atom stereocenters. The van der Waals surface area contributed by atoms with E-state index in [9.17, 15) is 0 Å². The number of halogens is 1. The molecule has 3 aromatic carbocycles. The molecule has 3 N–H and O–H groups in total. The summed E-state index contributed by atoms with van der Waals surface area (Å²) in [6.45, 7) is 7.44. The van der Waals surface area contributed by atoms with E-state index in [0.717, 1.165) is 16.7 Å². The molecule has 27 heavy (non-hydrogen) atoms. The van der Waals surface area contributed by atoms with E-state index in [1.54, 1.807) is 24.3 Å². The fraction of sp³-hybridized carbons (Fsp3) is 0.0476. The van der Waals surface area contributed by atoms with E-state index < -0.39 is 7.94 Å². The van der Waals surface area contributed by atoms with Crippen LogP contribution in [0, 0.1) is 13.8 Å². The minimum Gasteiger partial charge on any atom is -0.199 e. The molecular formula is C21H25BrCuO3P+. The fourth-order valence-corrected chi connectivity index (χ4v) is 2.49. The van der Waals surface area contributed by atoms with E-state index in [4.69, 9.17) is 14.7 Å². The van der Waals surface area contributed by atoms with Gasteiger partial charge in [0.1, 0.15) is 0 Å². The number of rotatable bonds is 2. The van der Waals surface area contributed by atoms with Crippen LogP contribution < -0.4 is 0 Å². The summed E-state index contributed by atoms with van der Waals surface area (Å²) in [5, 5.41) is 0. The van der Waals surface area contributed by atoms with Crippen LogP contribution in [0.2, 0.25) is 0 Å². The van der Waals surface area contributed by atoms with Gasteiger partial charge in [-0.25, -0.2) is 0 Å². The average Bonchev–Trinajstić information content (AvgIpc) is 2.57. The van der Waals surface area contributed by atoms with E-state index in [2.05, 4.69) is 13.8 Å². The fourth-order valence-electron chi connectivity index (χ4n) is 1.78. The van der Waals surface area contributed by atoms with Crippen molar-refractivity contribution in [1.82, 2.24) is 0 Å². The van der Waals surface area contributed by atoms with Gasteiger partial charge in [0, 0.05) is 0 Å². The van der Waals surface area contributed by atoms with Crippen LogP contribution in [-0.2, 0) is 23.2 Å². The largest absolute Gasteiger partial charge is 2.00 e. The van der Waals surface area contributed by atoms with Crippen LogP contribution in [0.25, 0.3) is 0 Å². The Bertz CT molecular complexity index is 655. The number of hydrogen-bond donors (Lipinski definition) is 3. The SMILES string of the molecule is Br.O[P+](O)(O)Cc1ccccc1.[CH2-]c1ccccc1.[CH2-]c1ccccc1.[Cu+2]. The summed E-state index contributed by atoms with van der Waals surface area (Å²) in [6, 6.07) is 28.6. The molecule has 0 aromatic heterocycles. The molecule has 0 heterocycles. The summed E-state index contributed by atoms with van der Waals surface area (Å²) in [5.41, 5.74) is 2.87. The standard InChI is InChI=1S/C7H10O3P.2C7H7.BrH.Cu/c8-11(9,10)6-7-4-2-1-3-5-7;2*1-7-5-3-2-4-6-7;;/h1-5,8-10H,6H2;2*2-6H,1H2;1H;/q+1;2*-1;;+2. The van der Waals surface area contributed by atoms with Crippen molar-refractivity contribution in [2.75, 3.05) is 0 Å². The molecule has 1 radical (unpaired) electrons. The smallest absolute Gasteiger partial charge is 0.199 e. The van der Waals surface area contributed by atoms with Crippen molar-refractivity contribution in [3.8, 4) is 0 Å². The first kappa shape index (κ1) is 27.9. The Hall–Kier alpha value is -1.29. The van der Waals surface area contributed by atoms with Crippen LogP contribution in [0.3, 0.4) is 0 Å². The summed E-state index contributed by atoms with van der Waals surface area (Å²) in [4.78, 5) is 26.1. The van der Waals surface area contributed by atoms with Crippen molar-refractivity contribution < 1.29 is 31.7 Å². The Morgan fingerprint density at radius 3 is 1.11 bits per heavy atom. The van der Waals surface area contributed by atoms with Crippen molar-refractivity contribution >= 4 is 24.9 Å². The Kier molecular flexibility index (Phi) is 16.3. The molecule has 3 nitrogen and oxygen atoms in total.